The van der Waals surface area contributed by atoms with Gasteiger partial charge in [-0.25, -0.2) is 0 Å². The van der Waals surface area contributed by atoms with E-state index in [1.807, 2.05) is 24.3 Å². The largest absolute Gasteiger partial charge is 0.490 e. The van der Waals surface area contributed by atoms with Gasteiger partial charge in [0.1, 0.15) is 12.4 Å². The number of ether oxygens (including phenoxy) is 2. The Morgan fingerprint density at radius 3 is 2.88 bits per heavy atom. The summed E-state index contributed by atoms with van der Waals surface area (Å²) in [6.45, 7) is -1.53. The van der Waals surface area contributed by atoms with Gasteiger partial charge in [0.15, 0.2) is 5.75 Å². The molecule has 1 aliphatic carbocycles. The molecule has 0 unspecified atom stereocenters. The summed E-state index contributed by atoms with van der Waals surface area (Å²) < 4.78 is 36.4. The number of para-hydroxylation sites is 1. The molecule has 0 radical (unpaired) electrons. The molecule has 0 amide bonds. The monoisotopic (exact) mass is 332 g/mol. The molecular formula is C18H18F2N2O2. The van der Waals surface area contributed by atoms with Crippen molar-refractivity contribution in [3.63, 3.8) is 0 Å². The van der Waals surface area contributed by atoms with Crippen molar-refractivity contribution in [1.82, 2.24) is 0 Å². The average molecular weight is 332 g/mol. The second-order valence-corrected chi connectivity index (χ2v) is 5.97. The molecule has 1 saturated carbocycles. The molecule has 0 bridgehead atoms. The number of alkyl halides is 2. The highest BCUT2D eigenvalue weighted by atomic mass is 19.3. The van der Waals surface area contributed by atoms with Crippen molar-refractivity contribution in [3.8, 4) is 22.6 Å². The molecule has 6 heteroatoms. The Labute approximate surface area is 138 Å². The van der Waals surface area contributed by atoms with Gasteiger partial charge in [0.05, 0.1) is 11.4 Å². The minimum absolute atomic E-state index is 0.183. The molecule has 2 aromatic carbocycles. The zero-order valence-corrected chi connectivity index (χ0v) is 13.0. The molecule has 24 heavy (non-hydrogen) atoms. The predicted octanol–water partition coefficient (Wildman–Crippen LogP) is 4.33. The van der Waals surface area contributed by atoms with Crippen LogP contribution in [0.1, 0.15) is 12.8 Å². The van der Waals surface area contributed by atoms with E-state index in [0.717, 1.165) is 36.4 Å². The molecule has 4 rings (SSSR count). The number of hydrogen-bond acceptors (Lipinski definition) is 4. The maximum atomic E-state index is 12.9. The van der Waals surface area contributed by atoms with E-state index in [1.54, 1.807) is 12.1 Å². The number of anilines is 2. The van der Waals surface area contributed by atoms with Gasteiger partial charge >= 0.3 is 6.61 Å². The fourth-order valence-electron chi connectivity index (χ4n) is 2.84. The Balaban J connectivity index is 1.75. The molecule has 2 N–H and O–H groups in total. The van der Waals surface area contributed by atoms with Gasteiger partial charge in [-0.05, 0) is 36.6 Å². The highest BCUT2D eigenvalue weighted by Crippen LogP contribution is 2.42. The van der Waals surface area contributed by atoms with Gasteiger partial charge in [0.2, 0.25) is 0 Å². The lowest BCUT2D eigenvalue weighted by Gasteiger charge is -2.21. The molecule has 0 atom stereocenters. The first-order valence-corrected chi connectivity index (χ1v) is 8.06. The summed E-state index contributed by atoms with van der Waals surface area (Å²) in [4.78, 5) is 0. The van der Waals surface area contributed by atoms with Gasteiger partial charge in [-0.2, -0.15) is 8.78 Å². The van der Waals surface area contributed by atoms with E-state index in [0.29, 0.717) is 23.9 Å². The second-order valence-electron chi connectivity index (χ2n) is 5.97. The minimum atomic E-state index is -2.87. The Bertz CT molecular complexity index is 748. The summed E-state index contributed by atoms with van der Waals surface area (Å²) >= 11 is 0. The highest BCUT2D eigenvalue weighted by Gasteiger charge is 2.24. The van der Waals surface area contributed by atoms with Crippen LogP contribution < -0.4 is 20.1 Å². The zero-order chi connectivity index (χ0) is 16.5. The Morgan fingerprint density at radius 2 is 2.08 bits per heavy atom. The van der Waals surface area contributed by atoms with Crippen LogP contribution in [-0.2, 0) is 0 Å². The quantitative estimate of drug-likeness (QED) is 0.855. The summed E-state index contributed by atoms with van der Waals surface area (Å²) in [6.07, 6.45) is 2.10. The van der Waals surface area contributed by atoms with Gasteiger partial charge in [0.25, 0.3) is 0 Å². The van der Waals surface area contributed by atoms with Gasteiger partial charge in [0, 0.05) is 18.2 Å². The van der Waals surface area contributed by atoms with Crippen LogP contribution >= 0.6 is 0 Å². The summed E-state index contributed by atoms with van der Waals surface area (Å²) in [5.41, 5.74) is 2.92. The Morgan fingerprint density at radius 1 is 1.21 bits per heavy atom. The zero-order valence-electron chi connectivity index (χ0n) is 13.0. The SMILES string of the molecule is FC(F)Oc1c(NC2CC2)cccc1-c1ccc2c(c1)OCCN2. The van der Waals surface area contributed by atoms with Gasteiger partial charge in [-0.15, -0.1) is 0 Å². The predicted molar refractivity (Wildman–Crippen MR) is 89.1 cm³/mol. The number of rotatable bonds is 5. The van der Waals surface area contributed by atoms with Crippen molar-refractivity contribution in [3.05, 3.63) is 36.4 Å². The van der Waals surface area contributed by atoms with E-state index in [4.69, 9.17) is 9.47 Å². The molecular weight excluding hydrogens is 314 g/mol. The maximum absolute atomic E-state index is 12.9. The first-order valence-electron chi connectivity index (χ1n) is 8.06. The molecule has 2 aliphatic rings. The molecule has 126 valence electrons. The van der Waals surface area contributed by atoms with Crippen LogP contribution in [0.2, 0.25) is 0 Å². The molecule has 1 aliphatic heterocycles. The fraction of sp³-hybridized carbons (Fsp3) is 0.333. The third-order valence-corrected chi connectivity index (χ3v) is 4.13. The van der Waals surface area contributed by atoms with Crippen molar-refractivity contribution in [2.24, 2.45) is 0 Å². The summed E-state index contributed by atoms with van der Waals surface area (Å²) in [5, 5.41) is 6.51. The molecule has 4 nitrogen and oxygen atoms in total. The van der Waals surface area contributed by atoms with E-state index in [2.05, 4.69) is 10.6 Å². The molecule has 1 fully saturated rings. The number of benzene rings is 2. The van der Waals surface area contributed by atoms with Gasteiger partial charge in [-0.1, -0.05) is 18.2 Å². The Hall–Kier alpha value is -2.50. The second kappa shape index (κ2) is 6.19. The summed E-state index contributed by atoms with van der Waals surface area (Å²) in [5.74, 6) is 0.908. The minimum Gasteiger partial charge on any atom is -0.490 e. The molecule has 0 spiro atoms. The Kier molecular flexibility index (Phi) is 3.88. The van der Waals surface area contributed by atoms with Crippen LogP contribution in [-0.4, -0.2) is 25.8 Å². The van der Waals surface area contributed by atoms with Crippen LogP contribution in [0.15, 0.2) is 36.4 Å². The van der Waals surface area contributed by atoms with Gasteiger partial charge in [-0.3, -0.25) is 0 Å². The average Bonchev–Trinajstić information content (AvgIpc) is 3.39. The first-order chi connectivity index (χ1) is 11.7. The lowest BCUT2D eigenvalue weighted by molar-refractivity contribution is -0.0489. The van der Waals surface area contributed by atoms with E-state index in [9.17, 15) is 8.78 Å². The van der Waals surface area contributed by atoms with Crippen LogP contribution in [0.3, 0.4) is 0 Å². The van der Waals surface area contributed by atoms with Crippen molar-refractivity contribution in [1.29, 1.82) is 0 Å². The van der Waals surface area contributed by atoms with Gasteiger partial charge < -0.3 is 20.1 Å². The summed E-state index contributed by atoms with van der Waals surface area (Å²) in [6, 6.07) is 11.4. The number of fused-ring (bicyclic) bond motifs is 1. The van der Waals surface area contributed by atoms with Crippen molar-refractivity contribution in [2.45, 2.75) is 25.5 Å². The third kappa shape index (κ3) is 3.09. The van der Waals surface area contributed by atoms with Crippen molar-refractivity contribution in [2.75, 3.05) is 23.8 Å². The van der Waals surface area contributed by atoms with E-state index in [1.165, 1.54) is 0 Å². The van der Waals surface area contributed by atoms with Crippen molar-refractivity contribution < 1.29 is 18.3 Å². The maximum Gasteiger partial charge on any atom is 0.387 e. The van der Waals surface area contributed by atoms with Crippen molar-refractivity contribution >= 4 is 11.4 Å². The van der Waals surface area contributed by atoms with Crippen LogP contribution in [0, 0.1) is 0 Å². The normalized spacial score (nSPS) is 16.1. The topological polar surface area (TPSA) is 42.5 Å². The molecule has 0 aromatic heterocycles. The van der Waals surface area contributed by atoms with Crippen LogP contribution in [0.25, 0.3) is 11.1 Å². The lowest BCUT2D eigenvalue weighted by Crippen LogP contribution is -2.17. The lowest BCUT2D eigenvalue weighted by atomic mass is 10.0. The van der Waals surface area contributed by atoms with E-state index in [-0.39, 0.29) is 5.75 Å². The molecule has 2 aromatic rings. The fourth-order valence-corrected chi connectivity index (χ4v) is 2.84. The standard InChI is InChI=1S/C18H18F2N2O2/c19-18(20)24-17-13(2-1-3-15(17)22-12-5-6-12)11-4-7-14-16(10-11)23-9-8-21-14/h1-4,7,10,12,18,21-22H,5-6,8-9H2. The first kappa shape index (κ1) is 15.1. The summed E-state index contributed by atoms with van der Waals surface area (Å²) in [7, 11) is 0. The number of hydrogen-bond donors (Lipinski definition) is 2. The van der Waals surface area contributed by atoms with Crippen LogP contribution in [0.4, 0.5) is 20.2 Å². The molecule has 1 heterocycles. The smallest absolute Gasteiger partial charge is 0.387 e. The number of nitrogens with one attached hydrogen (secondary N) is 2. The third-order valence-electron chi connectivity index (χ3n) is 4.13. The van der Waals surface area contributed by atoms with E-state index < -0.39 is 6.61 Å². The highest BCUT2D eigenvalue weighted by molar-refractivity contribution is 5.81. The van der Waals surface area contributed by atoms with E-state index >= 15 is 0 Å². The van der Waals surface area contributed by atoms with Crippen LogP contribution in [0.5, 0.6) is 11.5 Å². The number of halogens is 2. The molecule has 0 saturated heterocycles.